The highest BCUT2D eigenvalue weighted by molar-refractivity contribution is 7.22. The Morgan fingerprint density at radius 2 is 2.05 bits per heavy atom. The zero-order chi connectivity index (χ0) is 15.9. The van der Waals surface area contributed by atoms with Crippen molar-refractivity contribution in [3.63, 3.8) is 0 Å². The number of hydrogen-bond donors (Lipinski definition) is 1. The fourth-order valence-electron chi connectivity index (χ4n) is 2.17. The van der Waals surface area contributed by atoms with Gasteiger partial charge in [0.2, 0.25) is 0 Å². The van der Waals surface area contributed by atoms with Gasteiger partial charge in [0, 0.05) is 5.56 Å². The molecule has 3 rings (SSSR count). The number of benzene rings is 2. The third-order valence-corrected chi connectivity index (χ3v) is 4.84. The molecule has 22 heavy (non-hydrogen) atoms. The molecule has 0 bridgehead atoms. The third-order valence-electron chi connectivity index (χ3n) is 3.18. The van der Waals surface area contributed by atoms with E-state index in [0.29, 0.717) is 15.9 Å². The van der Waals surface area contributed by atoms with Crippen molar-refractivity contribution in [2.45, 2.75) is 13.0 Å². The van der Waals surface area contributed by atoms with Gasteiger partial charge >= 0.3 is 0 Å². The maximum Gasteiger partial charge on any atom is 0.181 e. The minimum Gasteiger partial charge on any atom is -0.486 e. The molecule has 0 aliphatic carbocycles. The second kappa shape index (κ2) is 5.91. The molecule has 1 unspecified atom stereocenters. The average Bonchev–Trinajstić information content (AvgIpc) is 2.82. The molecule has 1 heterocycles. The summed E-state index contributed by atoms with van der Waals surface area (Å²) in [5, 5.41) is 0.945. The molecule has 3 nitrogen and oxygen atoms in total. The SMILES string of the molecule is CC(Oc1ccc2nc(N)sc2c1)c1c(F)ccc(Cl)c1Cl. The Morgan fingerprint density at radius 3 is 2.82 bits per heavy atom. The Balaban J connectivity index is 1.92. The maximum absolute atomic E-state index is 14.0. The lowest BCUT2D eigenvalue weighted by Crippen LogP contribution is -2.06. The van der Waals surface area contributed by atoms with E-state index in [1.807, 2.05) is 6.07 Å². The van der Waals surface area contributed by atoms with Crippen LogP contribution >= 0.6 is 34.5 Å². The average molecular weight is 357 g/mol. The van der Waals surface area contributed by atoms with Gasteiger partial charge in [0.1, 0.15) is 17.7 Å². The summed E-state index contributed by atoms with van der Waals surface area (Å²) in [5.74, 6) is 0.129. The minimum atomic E-state index is -0.589. The summed E-state index contributed by atoms with van der Waals surface area (Å²) >= 11 is 13.4. The molecular weight excluding hydrogens is 346 g/mol. The molecule has 0 radical (unpaired) electrons. The number of thiazole rings is 1. The topological polar surface area (TPSA) is 48.1 Å². The van der Waals surface area contributed by atoms with Crippen LogP contribution in [0.5, 0.6) is 5.75 Å². The molecule has 7 heteroatoms. The molecule has 0 spiro atoms. The number of hydrogen-bond acceptors (Lipinski definition) is 4. The molecule has 0 amide bonds. The van der Waals surface area contributed by atoms with E-state index in [9.17, 15) is 4.39 Å². The van der Waals surface area contributed by atoms with E-state index >= 15 is 0 Å². The molecule has 1 atom stereocenters. The fourth-order valence-corrected chi connectivity index (χ4v) is 3.41. The van der Waals surface area contributed by atoms with Crippen molar-refractivity contribution < 1.29 is 9.13 Å². The number of halogens is 3. The summed E-state index contributed by atoms with van der Waals surface area (Å²) < 4.78 is 20.7. The van der Waals surface area contributed by atoms with Crippen LogP contribution in [0.2, 0.25) is 10.0 Å². The van der Waals surface area contributed by atoms with Gasteiger partial charge in [0.05, 0.1) is 20.3 Å². The van der Waals surface area contributed by atoms with Crippen LogP contribution in [0.1, 0.15) is 18.6 Å². The minimum absolute atomic E-state index is 0.164. The van der Waals surface area contributed by atoms with Crippen molar-refractivity contribution in [3.8, 4) is 5.75 Å². The van der Waals surface area contributed by atoms with Crippen molar-refractivity contribution in [3.05, 3.63) is 51.8 Å². The van der Waals surface area contributed by atoms with Gasteiger partial charge in [-0.25, -0.2) is 9.37 Å². The molecule has 2 aromatic carbocycles. The second-order valence-corrected chi connectivity index (χ2v) is 6.55. The van der Waals surface area contributed by atoms with E-state index in [0.717, 1.165) is 10.2 Å². The second-order valence-electron chi connectivity index (χ2n) is 4.70. The van der Waals surface area contributed by atoms with Crippen LogP contribution in [0.3, 0.4) is 0 Å². The molecule has 1 aromatic heterocycles. The molecule has 0 aliphatic rings. The number of ether oxygens (including phenoxy) is 1. The van der Waals surface area contributed by atoms with Crippen molar-refractivity contribution in [1.82, 2.24) is 4.98 Å². The number of nitrogens with two attached hydrogens (primary N) is 1. The lowest BCUT2D eigenvalue weighted by molar-refractivity contribution is 0.222. The van der Waals surface area contributed by atoms with Crippen molar-refractivity contribution in [1.29, 1.82) is 0 Å². The van der Waals surface area contributed by atoms with E-state index in [4.69, 9.17) is 33.7 Å². The van der Waals surface area contributed by atoms with Crippen LogP contribution in [0.25, 0.3) is 10.2 Å². The molecule has 2 N–H and O–H groups in total. The van der Waals surface area contributed by atoms with Crippen LogP contribution in [0, 0.1) is 5.82 Å². The zero-order valence-electron chi connectivity index (χ0n) is 11.4. The molecule has 3 aromatic rings. The Bertz CT molecular complexity index is 853. The molecule has 0 aliphatic heterocycles. The standard InChI is InChI=1S/C15H11Cl2FN2OS/c1-7(13-10(18)4-3-9(16)14(13)17)21-8-2-5-11-12(6-8)22-15(19)20-11/h2-7H,1H3,(H2,19,20). The van der Waals surface area contributed by atoms with Gasteiger partial charge in [-0.05, 0) is 37.3 Å². The van der Waals surface area contributed by atoms with Crippen molar-refractivity contribution >= 4 is 49.9 Å². The summed E-state index contributed by atoms with van der Waals surface area (Å²) in [6, 6.07) is 8.07. The summed E-state index contributed by atoms with van der Waals surface area (Å²) in [6.07, 6.45) is -0.589. The Labute approximate surface area is 140 Å². The summed E-state index contributed by atoms with van der Waals surface area (Å²) in [7, 11) is 0. The van der Waals surface area contributed by atoms with Gasteiger partial charge in [0.15, 0.2) is 5.13 Å². The normalized spacial score (nSPS) is 12.5. The van der Waals surface area contributed by atoms with Gasteiger partial charge < -0.3 is 10.5 Å². The Kier molecular flexibility index (Phi) is 4.12. The van der Waals surface area contributed by atoms with Crippen LogP contribution in [0.4, 0.5) is 9.52 Å². The van der Waals surface area contributed by atoms with Gasteiger partial charge in [-0.1, -0.05) is 34.5 Å². The number of nitrogen functional groups attached to an aromatic ring is 1. The zero-order valence-corrected chi connectivity index (χ0v) is 13.8. The first-order valence-electron chi connectivity index (χ1n) is 6.42. The van der Waals surface area contributed by atoms with E-state index in [-0.39, 0.29) is 10.6 Å². The third kappa shape index (κ3) is 2.84. The quantitative estimate of drug-likeness (QED) is 0.633. The predicted octanol–water partition coefficient (Wildman–Crippen LogP) is 5.46. The summed E-state index contributed by atoms with van der Waals surface area (Å²) in [6.45, 7) is 1.71. The number of nitrogens with zero attached hydrogens (tertiary/aromatic N) is 1. The highest BCUT2D eigenvalue weighted by Crippen LogP contribution is 2.35. The van der Waals surface area contributed by atoms with E-state index < -0.39 is 11.9 Å². The first kappa shape index (κ1) is 15.3. The number of anilines is 1. The van der Waals surface area contributed by atoms with E-state index in [2.05, 4.69) is 4.98 Å². The monoisotopic (exact) mass is 356 g/mol. The number of rotatable bonds is 3. The molecule has 114 valence electrons. The van der Waals surface area contributed by atoms with Gasteiger partial charge in [-0.2, -0.15) is 0 Å². The smallest absolute Gasteiger partial charge is 0.181 e. The predicted molar refractivity (Wildman–Crippen MR) is 89.5 cm³/mol. The largest absolute Gasteiger partial charge is 0.486 e. The summed E-state index contributed by atoms with van der Waals surface area (Å²) in [5.41, 5.74) is 6.71. The lowest BCUT2D eigenvalue weighted by atomic mass is 10.1. The Morgan fingerprint density at radius 1 is 1.27 bits per heavy atom. The van der Waals surface area contributed by atoms with Crippen molar-refractivity contribution in [2.24, 2.45) is 0 Å². The van der Waals surface area contributed by atoms with Crippen LogP contribution in [0.15, 0.2) is 30.3 Å². The maximum atomic E-state index is 14.0. The van der Waals surface area contributed by atoms with E-state index in [1.165, 1.54) is 23.5 Å². The van der Waals surface area contributed by atoms with Crippen molar-refractivity contribution in [2.75, 3.05) is 5.73 Å². The van der Waals surface area contributed by atoms with Crippen LogP contribution in [-0.4, -0.2) is 4.98 Å². The first-order chi connectivity index (χ1) is 10.5. The molecule has 0 fully saturated rings. The number of fused-ring (bicyclic) bond motifs is 1. The number of aromatic nitrogens is 1. The molecule has 0 saturated carbocycles. The molecular formula is C15H11Cl2FN2OS. The fraction of sp³-hybridized carbons (Fsp3) is 0.133. The van der Waals surface area contributed by atoms with E-state index in [1.54, 1.807) is 19.1 Å². The Hall–Kier alpha value is -1.56. The van der Waals surface area contributed by atoms with Gasteiger partial charge in [0.25, 0.3) is 0 Å². The first-order valence-corrected chi connectivity index (χ1v) is 7.99. The van der Waals surface area contributed by atoms with Crippen LogP contribution < -0.4 is 10.5 Å². The lowest BCUT2D eigenvalue weighted by Gasteiger charge is -2.17. The summed E-state index contributed by atoms with van der Waals surface area (Å²) in [4.78, 5) is 4.17. The van der Waals surface area contributed by atoms with Gasteiger partial charge in [-0.15, -0.1) is 0 Å². The van der Waals surface area contributed by atoms with Crippen LogP contribution in [-0.2, 0) is 0 Å². The van der Waals surface area contributed by atoms with Gasteiger partial charge in [-0.3, -0.25) is 0 Å². The highest BCUT2D eigenvalue weighted by atomic mass is 35.5. The highest BCUT2D eigenvalue weighted by Gasteiger charge is 2.19. The molecule has 0 saturated heterocycles.